The Morgan fingerprint density at radius 2 is 1.87 bits per heavy atom. The molecular formula is C17H18N2O3S. The van der Waals surface area contributed by atoms with Crippen molar-refractivity contribution in [1.82, 2.24) is 0 Å². The van der Waals surface area contributed by atoms with Crippen LogP contribution in [0.4, 0.5) is 5.69 Å². The van der Waals surface area contributed by atoms with Crippen molar-refractivity contribution in [2.24, 2.45) is 0 Å². The number of ether oxygens (including phenoxy) is 1. The maximum absolute atomic E-state index is 12.5. The molecule has 2 rings (SSSR count). The van der Waals surface area contributed by atoms with E-state index in [0.29, 0.717) is 11.4 Å². The van der Waals surface area contributed by atoms with Crippen molar-refractivity contribution >= 4 is 15.7 Å². The average Bonchev–Trinajstić information content (AvgIpc) is 2.54. The molecule has 2 aromatic carbocycles. The zero-order valence-electron chi connectivity index (χ0n) is 13.2. The zero-order valence-corrected chi connectivity index (χ0v) is 14.0. The van der Waals surface area contributed by atoms with Gasteiger partial charge in [0, 0.05) is 5.69 Å². The van der Waals surface area contributed by atoms with Crippen LogP contribution >= 0.6 is 0 Å². The minimum atomic E-state index is -3.83. The van der Waals surface area contributed by atoms with E-state index in [4.69, 9.17) is 10.00 Å². The highest BCUT2D eigenvalue weighted by molar-refractivity contribution is 7.92. The number of nitriles is 1. The van der Waals surface area contributed by atoms with E-state index in [-0.39, 0.29) is 16.4 Å². The number of nitrogens with one attached hydrogen (secondary N) is 1. The average molecular weight is 330 g/mol. The Morgan fingerprint density at radius 1 is 1.17 bits per heavy atom. The summed E-state index contributed by atoms with van der Waals surface area (Å²) >= 11 is 0. The van der Waals surface area contributed by atoms with Gasteiger partial charge in [0.1, 0.15) is 16.7 Å². The van der Waals surface area contributed by atoms with E-state index >= 15 is 0 Å². The summed E-state index contributed by atoms with van der Waals surface area (Å²) < 4.78 is 32.9. The standard InChI is InChI=1S/C17H18N2O3S/c1-12(2)15-10-14(8-9-16(15)22-3)19-23(20,21)17-7-5-4-6-13(17)11-18/h4-10,12,19H,1-3H3. The van der Waals surface area contributed by atoms with Crippen LogP contribution in [0.25, 0.3) is 0 Å². The number of anilines is 1. The monoisotopic (exact) mass is 330 g/mol. The SMILES string of the molecule is COc1ccc(NS(=O)(=O)c2ccccc2C#N)cc1C(C)C. The van der Waals surface area contributed by atoms with Gasteiger partial charge in [0.2, 0.25) is 0 Å². The van der Waals surface area contributed by atoms with Crippen LogP contribution in [-0.4, -0.2) is 15.5 Å². The third-order valence-corrected chi connectivity index (χ3v) is 4.84. The number of hydrogen-bond donors (Lipinski definition) is 1. The lowest BCUT2D eigenvalue weighted by atomic mass is 10.0. The molecule has 0 spiro atoms. The van der Waals surface area contributed by atoms with Gasteiger partial charge in [0.15, 0.2) is 0 Å². The highest BCUT2D eigenvalue weighted by atomic mass is 32.2. The fraction of sp³-hybridized carbons (Fsp3) is 0.235. The first-order valence-electron chi connectivity index (χ1n) is 7.09. The molecule has 0 saturated carbocycles. The molecule has 0 amide bonds. The minimum Gasteiger partial charge on any atom is -0.496 e. The van der Waals surface area contributed by atoms with E-state index in [1.807, 2.05) is 19.9 Å². The van der Waals surface area contributed by atoms with Gasteiger partial charge in [-0.1, -0.05) is 26.0 Å². The summed E-state index contributed by atoms with van der Waals surface area (Å²) in [6.45, 7) is 4.00. The molecule has 0 fully saturated rings. The second-order valence-corrected chi connectivity index (χ2v) is 6.98. The van der Waals surface area contributed by atoms with Crippen LogP contribution in [0, 0.1) is 11.3 Å². The van der Waals surface area contributed by atoms with Gasteiger partial charge in [-0.05, 0) is 41.8 Å². The normalized spacial score (nSPS) is 11.1. The lowest BCUT2D eigenvalue weighted by molar-refractivity contribution is 0.407. The number of methoxy groups -OCH3 is 1. The van der Waals surface area contributed by atoms with Gasteiger partial charge in [-0.3, -0.25) is 4.72 Å². The summed E-state index contributed by atoms with van der Waals surface area (Å²) in [4.78, 5) is -0.0376. The van der Waals surface area contributed by atoms with E-state index in [0.717, 1.165) is 5.56 Å². The number of hydrogen-bond acceptors (Lipinski definition) is 4. The van der Waals surface area contributed by atoms with Crippen LogP contribution in [0.2, 0.25) is 0 Å². The summed E-state index contributed by atoms with van der Waals surface area (Å²) in [5, 5.41) is 9.07. The molecule has 0 saturated heterocycles. The Kier molecular flexibility index (Phi) is 4.92. The molecule has 6 heteroatoms. The van der Waals surface area contributed by atoms with Crippen molar-refractivity contribution in [2.45, 2.75) is 24.7 Å². The molecule has 0 unspecified atom stereocenters. The van der Waals surface area contributed by atoms with Crippen LogP contribution in [0.1, 0.15) is 30.9 Å². The van der Waals surface area contributed by atoms with Crippen molar-refractivity contribution < 1.29 is 13.2 Å². The lowest BCUT2D eigenvalue weighted by Gasteiger charge is -2.15. The van der Waals surface area contributed by atoms with Gasteiger partial charge < -0.3 is 4.74 Å². The summed E-state index contributed by atoms with van der Waals surface area (Å²) in [5.41, 5.74) is 1.45. The highest BCUT2D eigenvalue weighted by Crippen LogP contribution is 2.30. The third kappa shape index (κ3) is 3.63. The predicted octanol–water partition coefficient (Wildman–Crippen LogP) is 3.49. The zero-order chi connectivity index (χ0) is 17.0. The Labute approximate surface area is 136 Å². The molecule has 0 radical (unpaired) electrons. The largest absolute Gasteiger partial charge is 0.496 e. The Hall–Kier alpha value is -2.52. The highest BCUT2D eigenvalue weighted by Gasteiger charge is 2.19. The topological polar surface area (TPSA) is 79.2 Å². The summed E-state index contributed by atoms with van der Waals surface area (Å²) in [6.07, 6.45) is 0. The third-order valence-electron chi connectivity index (χ3n) is 3.40. The molecule has 0 aromatic heterocycles. The first-order valence-corrected chi connectivity index (χ1v) is 8.57. The molecule has 0 aliphatic heterocycles. The van der Waals surface area contributed by atoms with E-state index in [1.165, 1.54) is 12.1 Å². The maximum Gasteiger partial charge on any atom is 0.263 e. The van der Waals surface area contributed by atoms with E-state index in [2.05, 4.69) is 4.72 Å². The molecule has 0 bridgehead atoms. The molecular weight excluding hydrogens is 312 g/mol. The second-order valence-electron chi connectivity index (χ2n) is 5.32. The van der Waals surface area contributed by atoms with Crippen LogP contribution in [-0.2, 0) is 10.0 Å². The fourth-order valence-electron chi connectivity index (χ4n) is 2.25. The number of rotatable bonds is 5. The van der Waals surface area contributed by atoms with Gasteiger partial charge in [-0.2, -0.15) is 5.26 Å². The quantitative estimate of drug-likeness (QED) is 0.910. The van der Waals surface area contributed by atoms with Gasteiger partial charge in [-0.25, -0.2) is 8.42 Å². The van der Waals surface area contributed by atoms with Crippen LogP contribution in [0.5, 0.6) is 5.75 Å². The first-order chi connectivity index (χ1) is 10.9. The molecule has 0 heterocycles. The number of benzene rings is 2. The molecule has 0 atom stereocenters. The molecule has 1 N–H and O–H groups in total. The Morgan fingerprint density at radius 3 is 2.48 bits per heavy atom. The summed E-state index contributed by atoms with van der Waals surface area (Å²) in [6, 6.07) is 13.1. The van der Waals surface area contributed by atoms with Gasteiger partial charge >= 0.3 is 0 Å². The van der Waals surface area contributed by atoms with Crippen LogP contribution in [0.3, 0.4) is 0 Å². The van der Waals surface area contributed by atoms with E-state index in [9.17, 15) is 8.42 Å². The molecule has 2 aromatic rings. The molecule has 0 aliphatic rings. The number of sulfonamides is 1. The minimum absolute atomic E-state index is 0.0376. The first kappa shape index (κ1) is 16.8. The lowest BCUT2D eigenvalue weighted by Crippen LogP contribution is -2.14. The summed E-state index contributed by atoms with van der Waals surface area (Å²) in [5.74, 6) is 0.890. The fourth-order valence-corrected chi connectivity index (χ4v) is 3.46. The second kappa shape index (κ2) is 6.71. The molecule has 0 aliphatic carbocycles. The van der Waals surface area contributed by atoms with E-state index < -0.39 is 10.0 Å². The maximum atomic E-state index is 12.5. The van der Waals surface area contributed by atoms with E-state index in [1.54, 1.807) is 37.4 Å². The Bertz CT molecular complexity index is 852. The molecule has 5 nitrogen and oxygen atoms in total. The van der Waals surface area contributed by atoms with Crippen molar-refractivity contribution in [3.05, 3.63) is 53.6 Å². The predicted molar refractivity (Wildman–Crippen MR) is 89.0 cm³/mol. The van der Waals surface area contributed by atoms with Crippen LogP contribution in [0.15, 0.2) is 47.4 Å². The van der Waals surface area contributed by atoms with Crippen molar-refractivity contribution in [2.75, 3.05) is 11.8 Å². The van der Waals surface area contributed by atoms with Crippen molar-refractivity contribution in [1.29, 1.82) is 5.26 Å². The molecule has 23 heavy (non-hydrogen) atoms. The molecule has 120 valence electrons. The van der Waals surface area contributed by atoms with Gasteiger partial charge in [0.05, 0.1) is 12.7 Å². The smallest absolute Gasteiger partial charge is 0.263 e. The number of nitrogens with zero attached hydrogens (tertiary/aromatic N) is 1. The van der Waals surface area contributed by atoms with Gasteiger partial charge in [0.25, 0.3) is 10.0 Å². The Balaban J connectivity index is 2.42. The van der Waals surface area contributed by atoms with Crippen LogP contribution < -0.4 is 9.46 Å². The van der Waals surface area contributed by atoms with Gasteiger partial charge in [-0.15, -0.1) is 0 Å². The van der Waals surface area contributed by atoms with Crippen molar-refractivity contribution in [3.8, 4) is 11.8 Å². The van der Waals surface area contributed by atoms with Crippen molar-refractivity contribution in [3.63, 3.8) is 0 Å². The summed E-state index contributed by atoms with van der Waals surface area (Å²) in [7, 11) is -2.25.